The lowest BCUT2D eigenvalue weighted by atomic mass is 10.2. The van der Waals surface area contributed by atoms with Gasteiger partial charge < -0.3 is 10.1 Å². The highest BCUT2D eigenvalue weighted by Gasteiger charge is 2.20. The van der Waals surface area contributed by atoms with Gasteiger partial charge in [-0.25, -0.2) is 0 Å². The van der Waals surface area contributed by atoms with E-state index >= 15 is 0 Å². The third kappa shape index (κ3) is 5.27. The number of nitrogens with one attached hydrogen (secondary N) is 1. The second kappa shape index (κ2) is 6.39. The summed E-state index contributed by atoms with van der Waals surface area (Å²) < 4.78 is 5.63. The average Bonchev–Trinajstić information content (AvgIpc) is 2.94. The van der Waals surface area contributed by atoms with Crippen molar-refractivity contribution < 1.29 is 4.74 Å². The van der Waals surface area contributed by atoms with Crippen LogP contribution < -0.4 is 5.32 Å². The largest absolute Gasteiger partial charge is 0.380 e. The summed E-state index contributed by atoms with van der Waals surface area (Å²) in [7, 11) is 0. The van der Waals surface area contributed by atoms with E-state index in [1.54, 1.807) is 0 Å². The van der Waals surface area contributed by atoms with Crippen LogP contribution in [-0.2, 0) is 4.74 Å². The molecule has 1 fully saturated rings. The topological polar surface area (TPSA) is 21.3 Å². The SMILES string of the molecule is CCNC(CC)COCCC1CC1. The fourth-order valence-corrected chi connectivity index (χ4v) is 1.49. The molecule has 1 rings (SSSR count). The van der Waals surface area contributed by atoms with E-state index in [0.717, 1.165) is 32.1 Å². The summed E-state index contributed by atoms with van der Waals surface area (Å²) >= 11 is 0. The summed E-state index contributed by atoms with van der Waals surface area (Å²) in [5.74, 6) is 0.999. The molecular weight excluding hydrogens is 162 g/mol. The molecule has 0 aromatic carbocycles. The van der Waals surface area contributed by atoms with Gasteiger partial charge >= 0.3 is 0 Å². The van der Waals surface area contributed by atoms with Gasteiger partial charge in [0.1, 0.15) is 0 Å². The monoisotopic (exact) mass is 185 g/mol. The predicted molar refractivity (Wildman–Crippen MR) is 55.9 cm³/mol. The molecule has 2 heteroatoms. The summed E-state index contributed by atoms with van der Waals surface area (Å²) in [5.41, 5.74) is 0. The van der Waals surface area contributed by atoms with E-state index in [0.29, 0.717) is 6.04 Å². The fraction of sp³-hybridized carbons (Fsp3) is 1.00. The minimum atomic E-state index is 0.559. The molecule has 1 aliphatic rings. The van der Waals surface area contributed by atoms with E-state index < -0.39 is 0 Å². The molecule has 0 spiro atoms. The lowest BCUT2D eigenvalue weighted by molar-refractivity contribution is 0.105. The van der Waals surface area contributed by atoms with Crippen molar-refractivity contribution in [3.63, 3.8) is 0 Å². The van der Waals surface area contributed by atoms with E-state index in [-0.39, 0.29) is 0 Å². The first kappa shape index (κ1) is 11.0. The van der Waals surface area contributed by atoms with Crippen LogP contribution in [0.15, 0.2) is 0 Å². The van der Waals surface area contributed by atoms with Crippen molar-refractivity contribution in [3.05, 3.63) is 0 Å². The first-order chi connectivity index (χ1) is 6.36. The Morgan fingerprint density at radius 3 is 2.69 bits per heavy atom. The standard InChI is InChI=1S/C11H23NO/c1-3-11(12-4-2)9-13-8-7-10-5-6-10/h10-12H,3-9H2,1-2H3. The lowest BCUT2D eigenvalue weighted by Crippen LogP contribution is -2.32. The molecule has 0 saturated heterocycles. The maximum absolute atomic E-state index is 5.63. The van der Waals surface area contributed by atoms with Crippen LogP contribution in [0.25, 0.3) is 0 Å². The second-order valence-corrected chi connectivity index (χ2v) is 3.97. The molecule has 0 amide bonds. The number of hydrogen-bond donors (Lipinski definition) is 1. The van der Waals surface area contributed by atoms with Gasteiger partial charge in [-0.3, -0.25) is 0 Å². The first-order valence-corrected chi connectivity index (χ1v) is 5.68. The Morgan fingerprint density at radius 1 is 1.38 bits per heavy atom. The first-order valence-electron chi connectivity index (χ1n) is 5.68. The highest BCUT2D eigenvalue weighted by molar-refractivity contribution is 4.72. The van der Waals surface area contributed by atoms with Gasteiger partial charge in [-0.05, 0) is 25.3 Å². The van der Waals surface area contributed by atoms with Gasteiger partial charge in [0.25, 0.3) is 0 Å². The summed E-state index contributed by atoms with van der Waals surface area (Å²) in [6.45, 7) is 7.25. The fourth-order valence-electron chi connectivity index (χ4n) is 1.49. The third-order valence-electron chi connectivity index (χ3n) is 2.67. The van der Waals surface area contributed by atoms with Crippen molar-refractivity contribution in [2.45, 2.75) is 45.6 Å². The lowest BCUT2D eigenvalue weighted by Gasteiger charge is -2.15. The highest BCUT2D eigenvalue weighted by Crippen LogP contribution is 2.32. The van der Waals surface area contributed by atoms with Crippen LogP contribution in [0.3, 0.4) is 0 Å². The molecule has 0 heterocycles. The molecular formula is C11H23NO. The van der Waals surface area contributed by atoms with Gasteiger partial charge in [0.15, 0.2) is 0 Å². The Balaban J connectivity index is 1.88. The van der Waals surface area contributed by atoms with Gasteiger partial charge in [-0.2, -0.15) is 0 Å². The summed E-state index contributed by atoms with van der Waals surface area (Å²) in [4.78, 5) is 0. The van der Waals surface area contributed by atoms with Crippen molar-refractivity contribution in [1.82, 2.24) is 5.32 Å². The molecule has 0 aromatic heterocycles. The van der Waals surface area contributed by atoms with E-state index in [2.05, 4.69) is 19.2 Å². The molecule has 1 unspecified atom stereocenters. The van der Waals surface area contributed by atoms with Crippen LogP contribution in [0.5, 0.6) is 0 Å². The predicted octanol–water partition coefficient (Wildman–Crippen LogP) is 2.19. The number of rotatable bonds is 8. The zero-order valence-electron chi connectivity index (χ0n) is 9.01. The Labute approximate surface area is 82.0 Å². The molecule has 1 aliphatic carbocycles. The molecule has 1 saturated carbocycles. The summed E-state index contributed by atoms with van der Waals surface area (Å²) in [6.07, 6.45) is 5.32. The molecule has 1 N–H and O–H groups in total. The van der Waals surface area contributed by atoms with Crippen molar-refractivity contribution in [2.75, 3.05) is 19.8 Å². The van der Waals surface area contributed by atoms with Crippen molar-refractivity contribution >= 4 is 0 Å². The highest BCUT2D eigenvalue weighted by atomic mass is 16.5. The van der Waals surface area contributed by atoms with Crippen LogP contribution in [0.2, 0.25) is 0 Å². The van der Waals surface area contributed by atoms with E-state index in [9.17, 15) is 0 Å². The van der Waals surface area contributed by atoms with Crippen LogP contribution in [-0.4, -0.2) is 25.8 Å². The Bertz CT molecular complexity index is 123. The van der Waals surface area contributed by atoms with Gasteiger partial charge in [-0.15, -0.1) is 0 Å². The van der Waals surface area contributed by atoms with Crippen LogP contribution in [0.4, 0.5) is 0 Å². The minimum absolute atomic E-state index is 0.559. The zero-order valence-corrected chi connectivity index (χ0v) is 9.01. The summed E-state index contributed by atoms with van der Waals surface area (Å²) in [6, 6.07) is 0.559. The van der Waals surface area contributed by atoms with Gasteiger partial charge in [-0.1, -0.05) is 26.7 Å². The Kier molecular flexibility index (Phi) is 5.40. The van der Waals surface area contributed by atoms with Crippen molar-refractivity contribution in [3.8, 4) is 0 Å². The third-order valence-corrected chi connectivity index (χ3v) is 2.67. The maximum atomic E-state index is 5.63. The number of ether oxygens (including phenoxy) is 1. The van der Waals surface area contributed by atoms with E-state index in [1.807, 2.05) is 0 Å². The Morgan fingerprint density at radius 2 is 2.15 bits per heavy atom. The van der Waals surface area contributed by atoms with Gasteiger partial charge in [0.2, 0.25) is 0 Å². The second-order valence-electron chi connectivity index (χ2n) is 3.97. The number of likely N-dealkylation sites (N-methyl/N-ethyl adjacent to an activating group) is 1. The maximum Gasteiger partial charge on any atom is 0.0619 e. The molecule has 78 valence electrons. The molecule has 13 heavy (non-hydrogen) atoms. The molecule has 0 aliphatic heterocycles. The smallest absolute Gasteiger partial charge is 0.0619 e. The molecule has 0 radical (unpaired) electrons. The zero-order chi connectivity index (χ0) is 9.52. The summed E-state index contributed by atoms with van der Waals surface area (Å²) in [5, 5.41) is 3.41. The van der Waals surface area contributed by atoms with Crippen molar-refractivity contribution in [2.24, 2.45) is 5.92 Å². The normalized spacial score (nSPS) is 18.9. The van der Waals surface area contributed by atoms with Gasteiger partial charge in [0, 0.05) is 12.6 Å². The van der Waals surface area contributed by atoms with Crippen molar-refractivity contribution in [1.29, 1.82) is 0 Å². The quantitative estimate of drug-likeness (QED) is 0.585. The van der Waals surface area contributed by atoms with Crippen LogP contribution in [0.1, 0.15) is 39.5 Å². The van der Waals surface area contributed by atoms with Crippen LogP contribution in [0, 0.1) is 5.92 Å². The molecule has 1 atom stereocenters. The number of hydrogen-bond acceptors (Lipinski definition) is 2. The minimum Gasteiger partial charge on any atom is -0.380 e. The Hall–Kier alpha value is -0.0800. The molecule has 0 bridgehead atoms. The van der Waals surface area contributed by atoms with E-state index in [4.69, 9.17) is 4.74 Å². The van der Waals surface area contributed by atoms with Crippen LogP contribution >= 0.6 is 0 Å². The van der Waals surface area contributed by atoms with E-state index in [1.165, 1.54) is 19.3 Å². The van der Waals surface area contributed by atoms with Gasteiger partial charge in [0.05, 0.1) is 6.61 Å². The average molecular weight is 185 g/mol. The molecule has 2 nitrogen and oxygen atoms in total. The molecule has 0 aromatic rings.